The fourth-order valence-electron chi connectivity index (χ4n) is 1.10. The highest BCUT2D eigenvalue weighted by molar-refractivity contribution is 5.09. The number of rotatable bonds is 1. The van der Waals surface area contributed by atoms with Crippen molar-refractivity contribution >= 4 is 0 Å². The van der Waals surface area contributed by atoms with E-state index >= 15 is 0 Å². The SMILES string of the molecule is CC(C)C1=CCCNC1. The van der Waals surface area contributed by atoms with E-state index in [1.807, 2.05) is 0 Å². The molecular weight excluding hydrogens is 110 g/mol. The van der Waals surface area contributed by atoms with Gasteiger partial charge in [0, 0.05) is 6.54 Å². The minimum Gasteiger partial charge on any atom is -0.313 e. The van der Waals surface area contributed by atoms with Crippen LogP contribution in [0.2, 0.25) is 0 Å². The Labute approximate surface area is 57.1 Å². The van der Waals surface area contributed by atoms with E-state index in [1.165, 1.54) is 6.42 Å². The van der Waals surface area contributed by atoms with Gasteiger partial charge in [-0.05, 0) is 18.9 Å². The zero-order valence-electron chi connectivity index (χ0n) is 6.28. The highest BCUT2D eigenvalue weighted by Crippen LogP contribution is 2.11. The highest BCUT2D eigenvalue weighted by atomic mass is 14.9. The average molecular weight is 125 g/mol. The number of nitrogens with one attached hydrogen (secondary N) is 1. The summed E-state index contributed by atoms with van der Waals surface area (Å²) in [5.74, 6) is 0.734. The van der Waals surface area contributed by atoms with Crippen molar-refractivity contribution in [3.63, 3.8) is 0 Å². The molecule has 1 aliphatic rings. The molecule has 52 valence electrons. The van der Waals surface area contributed by atoms with Crippen LogP contribution in [0.3, 0.4) is 0 Å². The molecule has 0 aromatic carbocycles. The second-order valence-electron chi connectivity index (χ2n) is 2.90. The lowest BCUT2D eigenvalue weighted by Crippen LogP contribution is -2.24. The largest absolute Gasteiger partial charge is 0.313 e. The first-order valence-electron chi connectivity index (χ1n) is 3.70. The van der Waals surface area contributed by atoms with E-state index in [-0.39, 0.29) is 0 Å². The van der Waals surface area contributed by atoms with Crippen LogP contribution < -0.4 is 5.32 Å². The second kappa shape index (κ2) is 3.02. The lowest BCUT2D eigenvalue weighted by molar-refractivity contribution is 0.627. The molecule has 0 saturated carbocycles. The molecule has 1 heterocycles. The molecule has 0 amide bonds. The molecule has 0 bridgehead atoms. The van der Waals surface area contributed by atoms with E-state index in [1.54, 1.807) is 5.57 Å². The van der Waals surface area contributed by atoms with Gasteiger partial charge < -0.3 is 5.32 Å². The van der Waals surface area contributed by atoms with E-state index in [9.17, 15) is 0 Å². The normalized spacial score (nSPS) is 20.1. The topological polar surface area (TPSA) is 12.0 Å². The summed E-state index contributed by atoms with van der Waals surface area (Å²) in [5, 5.41) is 3.35. The van der Waals surface area contributed by atoms with Gasteiger partial charge in [0.15, 0.2) is 0 Å². The molecule has 0 radical (unpaired) electrons. The third-order valence-corrected chi connectivity index (χ3v) is 1.80. The van der Waals surface area contributed by atoms with Gasteiger partial charge in [0.2, 0.25) is 0 Å². The van der Waals surface area contributed by atoms with E-state index < -0.39 is 0 Å². The predicted octanol–water partition coefficient (Wildman–Crippen LogP) is 1.56. The minimum absolute atomic E-state index is 0.734. The molecule has 1 N–H and O–H groups in total. The maximum atomic E-state index is 3.35. The summed E-state index contributed by atoms with van der Waals surface area (Å²) in [6, 6.07) is 0. The first-order chi connectivity index (χ1) is 4.30. The fourth-order valence-corrected chi connectivity index (χ4v) is 1.10. The van der Waals surface area contributed by atoms with Gasteiger partial charge in [-0.1, -0.05) is 25.5 Å². The predicted molar refractivity (Wildman–Crippen MR) is 40.4 cm³/mol. The minimum atomic E-state index is 0.734. The molecule has 1 rings (SSSR count). The molecule has 0 saturated heterocycles. The molecule has 1 aliphatic heterocycles. The van der Waals surface area contributed by atoms with E-state index in [2.05, 4.69) is 25.2 Å². The molecule has 0 unspecified atom stereocenters. The van der Waals surface area contributed by atoms with E-state index in [4.69, 9.17) is 0 Å². The van der Waals surface area contributed by atoms with Crippen molar-refractivity contribution < 1.29 is 0 Å². The summed E-state index contributed by atoms with van der Waals surface area (Å²) in [7, 11) is 0. The molecule has 1 heteroatoms. The van der Waals surface area contributed by atoms with Crippen molar-refractivity contribution in [2.45, 2.75) is 20.3 Å². The van der Waals surface area contributed by atoms with Gasteiger partial charge in [-0.2, -0.15) is 0 Å². The van der Waals surface area contributed by atoms with E-state index in [0.29, 0.717) is 0 Å². The van der Waals surface area contributed by atoms with Crippen LogP contribution in [0, 0.1) is 5.92 Å². The Kier molecular flexibility index (Phi) is 2.29. The standard InChI is InChI=1S/C8H15N/c1-7(2)8-4-3-5-9-6-8/h4,7,9H,3,5-6H2,1-2H3. The number of hydrogen-bond acceptors (Lipinski definition) is 1. The Hall–Kier alpha value is -0.300. The van der Waals surface area contributed by atoms with Crippen LogP contribution in [-0.2, 0) is 0 Å². The zero-order chi connectivity index (χ0) is 6.69. The third-order valence-electron chi connectivity index (χ3n) is 1.80. The molecule has 0 aromatic rings. The van der Waals surface area contributed by atoms with Crippen LogP contribution >= 0.6 is 0 Å². The van der Waals surface area contributed by atoms with Crippen LogP contribution in [0.1, 0.15) is 20.3 Å². The van der Waals surface area contributed by atoms with Gasteiger partial charge in [0.25, 0.3) is 0 Å². The van der Waals surface area contributed by atoms with Crippen molar-refractivity contribution in [3.8, 4) is 0 Å². The number of hydrogen-bond donors (Lipinski definition) is 1. The van der Waals surface area contributed by atoms with E-state index in [0.717, 1.165) is 19.0 Å². The Morgan fingerprint density at radius 3 is 2.67 bits per heavy atom. The van der Waals surface area contributed by atoms with Gasteiger partial charge in [-0.25, -0.2) is 0 Å². The van der Waals surface area contributed by atoms with Gasteiger partial charge >= 0.3 is 0 Å². The lowest BCUT2D eigenvalue weighted by atomic mass is 10.0. The van der Waals surface area contributed by atoms with Crippen molar-refractivity contribution in [3.05, 3.63) is 11.6 Å². The van der Waals surface area contributed by atoms with Gasteiger partial charge in [0.1, 0.15) is 0 Å². The lowest BCUT2D eigenvalue weighted by Gasteiger charge is -2.16. The molecule has 0 fully saturated rings. The zero-order valence-corrected chi connectivity index (χ0v) is 6.28. The molecule has 1 nitrogen and oxygen atoms in total. The summed E-state index contributed by atoms with van der Waals surface area (Å²) in [6.07, 6.45) is 3.58. The smallest absolute Gasteiger partial charge is 0.0167 e. The monoisotopic (exact) mass is 125 g/mol. The average Bonchev–Trinajstić information content (AvgIpc) is 1.90. The molecule has 9 heavy (non-hydrogen) atoms. The van der Waals surface area contributed by atoms with Crippen LogP contribution in [-0.4, -0.2) is 13.1 Å². The van der Waals surface area contributed by atoms with Crippen LogP contribution in [0.4, 0.5) is 0 Å². The van der Waals surface area contributed by atoms with Crippen LogP contribution in [0.15, 0.2) is 11.6 Å². The summed E-state index contributed by atoms with van der Waals surface area (Å²) in [6.45, 7) is 6.77. The summed E-state index contributed by atoms with van der Waals surface area (Å²) < 4.78 is 0. The maximum Gasteiger partial charge on any atom is 0.0167 e. The first-order valence-corrected chi connectivity index (χ1v) is 3.70. The Bertz CT molecular complexity index is 114. The van der Waals surface area contributed by atoms with Gasteiger partial charge in [-0.3, -0.25) is 0 Å². The van der Waals surface area contributed by atoms with Gasteiger partial charge in [-0.15, -0.1) is 0 Å². The Morgan fingerprint density at radius 1 is 1.56 bits per heavy atom. The van der Waals surface area contributed by atoms with Crippen molar-refractivity contribution in [2.24, 2.45) is 5.92 Å². The maximum absolute atomic E-state index is 3.35. The molecule has 0 atom stereocenters. The Morgan fingerprint density at radius 2 is 2.33 bits per heavy atom. The third kappa shape index (κ3) is 1.83. The summed E-state index contributed by atoms with van der Waals surface area (Å²) >= 11 is 0. The first kappa shape index (κ1) is 6.81. The van der Waals surface area contributed by atoms with Crippen molar-refractivity contribution in [1.29, 1.82) is 0 Å². The quantitative estimate of drug-likeness (QED) is 0.524. The molecule has 0 spiro atoms. The molecule has 0 aromatic heterocycles. The fraction of sp³-hybridized carbons (Fsp3) is 0.750. The highest BCUT2D eigenvalue weighted by Gasteiger charge is 2.04. The van der Waals surface area contributed by atoms with Crippen molar-refractivity contribution in [2.75, 3.05) is 13.1 Å². The van der Waals surface area contributed by atoms with Crippen molar-refractivity contribution in [1.82, 2.24) is 5.32 Å². The second-order valence-corrected chi connectivity index (χ2v) is 2.90. The Balaban J connectivity index is 2.46. The van der Waals surface area contributed by atoms with Crippen LogP contribution in [0.5, 0.6) is 0 Å². The molecular formula is C8H15N. The van der Waals surface area contributed by atoms with Gasteiger partial charge in [0.05, 0.1) is 0 Å². The van der Waals surface area contributed by atoms with Crippen LogP contribution in [0.25, 0.3) is 0 Å². The summed E-state index contributed by atoms with van der Waals surface area (Å²) in [4.78, 5) is 0. The summed E-state index contributed by atoms with van der Waals surface area (Å²) in [5.41, 5.74) is 1.57. The molecule has 0 aliphatic carbocycles.